The molecule has 1 saturated heterocycles. The van der Waals surface area contributed by atoms with Gasteiger partial charge in [0.25, 0.3) is 5.91 Å². The topological polar surface area (TPSA) is 77.1 Å². The van der Waals surface area contributed by atoms with Crippen LogP contribution in [0.25, 0.3) is 0 Å². The number of amides is 2. The van der Waals surface area contributed by atoms with Crippen molar-refractivity contribution in [2.45, 2.75) is 6.92 Å². The van der Waals surface area contributed by atoms with E-state index in [9.17, 15) is 9.59 Å². The molecule has 0 unspecified atom stereocenters. The molecule has 0 saturated carbocycles. The lowest BCUT2D eigenvalue weighted by Crippen LogP contribution is -2.54. The van der Waals surface area contributed by atoms with E-state index in [1.54, 1.807) is 29.2 Å². The van der Waals surface area contributed by atoms with E-state index >= 15 is 0 Å². The van der Waals surface area contributed by atoms with E-state index in [1.807, 2.05) is 25.1 Å². The smallest absolute Gasteiger partial charge is 0.254 e. The van der Waals surface area contributed by atoms with Crippen LogP contribution in [0.4, 0.5) is 5.69 Å². The van der Waals surface area contributed by atoms with Crippen molar-refractivity contribution in [3.8, 4) is 17.2 Å². The summed E-state index contributed by atoms with van der Waals surface area (Å²) in [7, 11) is 0. The number of para-hydroxylation sites is 2. The van der Waals surface area contributed by atoms with Crippen molar-refractivity contribution in [1.82, 2.24) is 4.90 Å². The van der Waals surface area contributed by atoms with Crippen molar-refractivity contribution in [3.05, 3.63) is 48.0 Å². The molecular formula is C20H20N2O5. The van der Waals surface area contributed by atoms with Crippen LogP contribution in [0, 0.1) is 5.92 Å². The number of ether oxygens (including phenoxy) is 3. The first-order chi connectivity index (χ1) is 13.2. The fraction of sp³-hybridized carbons (Fsp3) is 0.300. The molecule has 2 aromatic rings. The van der Waals surface area contributed by atoms with Crippen LogP contribution in [-0.2, 0) is 4.79 Å². The lowest BCUT2D eigenvalue weighted by atomic mass is 9.97. The maximum absolute atomic E-state index is 12.6. The van der Waals surface area contributed by atoms with Crippen molar-refractivity contribution in [2.75, 3.05) is 31.8 Å². The van der Waals surface area contributed by atoms with Crippen molar-refractivity contribution in [3.63, 3.8) is 0 Å². The standard InChI is InChI=1S/C20H20N2O5/c1-2-25-16-6-4-3-5-15(16)21-19(23)14-10-22(11-14)20(24)13-7-8-17-18(9-13)27-12-26-17/h3-9,14H,2,10-12H2,1H3,(H,21,23). The Labute approximate surface area is 156 Å². The molecule has 7 nitrogen and oxygen atoms in total. The van der Waals surface area contributed by atoms with Gasteiger partial charge in [-0.2, -0.15) is 0 Å². The highest BCUT2D eigenvalue weighted by Gasteiger charge is 2.36. The number of anilines is 1. The maximum atomic E-state index is 12.6. The average molecular weight is 368 g/mol. The van der Waals surface area contributed by atoms with Gasteiger partial charge in [0.2, 0.25) is 12.7 Å². The number of nitrogens with one attached hydrogen (secondary N) is 1. The van der Waals surface area contributed by atoms with Crippen molar-refractivity contribution in [1.29, 1.82) is 0 Å². The number of carbonyl (C=O) groups excluding carboxylic acids is 2. The summed E-state index contributed by atoms with van der Waals surface area (Å²) in [6.45, 7) is 3.35. The van der Waals surface area contributed by atoms with Crippen molar-refractivity contribution < 1.29 is 23.8 Å². The summed E-state index contributed by atoms with van der Waals surface area (Å²) in [5, 5.41) is 2.89. The summed E-state index contributed by atoms with van der Waals surface area (Å²) < 4.78 is 16.1. The lowest BCUT2D eigenvalue weighted by molar-refractivity contribution is -0.123. The zero-order valence-corrected chi connectivity index (χ0v) is 14.9. The second-order valence-corrected chi connectivity index (χ2v) is 6.39. The SMILES string of the molecule is CCOc1ccccc1NC(=O)C1CN(C(=O)c2ccc3c(c2)OCO3)C1. The van der Waals surface area contributed by atoms with Crippen molar-refractivity contribution >= 4 is 17.5 Å². The largest absolute Gasteiger partial charge is 0.492 e. The van der Waals surface area contributed by atoms with Crippen molar-refractivity contribution in [2.24, 2.45) is 5.92 Å². The molecule has 1 N–H and O–H groups in total. The van der Waals surface area contributed by atoms with E-state index in [-0.39, 0.29) is 24.5 Å². The molecule has 1 fully saturated rings. The monoisotopic (exact) mass is 368 g/mol. The molecular weight excluding hydrogens is 348 g/mol. The summed E-state index contributed by atoms with van der Waals surface area (Å²) in [5.41, 5.74) is 1.17. The number of carbonyl (C=O) groups is 2. The average Bonchev–Trinajstić information content (AvgIpc) is 3.10. The van der Waals surface area contributed by atoms with Crippen LogP contribution < -0.4 is 19.5 Å². The van der Waals surface area contributed by atoms with Crippen LogP contribution in [0.1, 0.15) is 17.3 Å². The Hall–Kier alpha value is -3.22. The van der Waals surface area contributed by atoms with Crippen LogP contribution in [0.3, 0.4) is 0 Å². The normalized spacial score (nSPS) is 15.2. The Balaban J connectivity index is 1.35. The van der Waals surface area contributed by atoms with Gasteiger partial charge >= 0.3 is 0 Å². The molecule has 140 valence electrons. The predicted octanol–water partition coefficient (Wildman–Crippen LogP) is 2.52. The molecule has 2 amide bonds. The molecule has 0 spiro atoms. The van der Waals surface area contributed by atoms with Crippen LogP contribution in [0.5, 0.6) is 17.2 Å². The van der Waals surface area contributed by atoms with Gasteiger partial charge in [-0.25, -0.2) is 0 Å². The number of fused-ring (bicyclic) bond motifs is 1. The molecule has 7 heteroatoms. The molecule has 4 rings (SSSR count). The highest BCUT2D eigenvalue weighted by Crippen LogP contribution is 2.33. The number of likely N-dealkylation sites (tertiary alicyclic amines) is 1. The lowest BCUT2D eigenvalue weighted by Gasteiger charge is -2.38. The molecule has 0 bridgehead atoms. The molecule has 0 radical (unpaired) electrons. The predicted molar refractivity (Wildman–Crippen MR) is 98.2 cm³/mol. The second-order valence-electron chi connectivity index (χ2n) is 6.39. The number of nitrogens with zero attached hydrogens (tertiary/aromatic N) is 1. The van der Waals surface area contributed by atoms with E-state index < -0.39 is 0 Å². The third kappa shape index (κ3) is 3.40. The van der Waals surface area contributed by atoms with Gasteiger partial charge in [-0.05, 0) is 37.3 Å². The Bertz CT molecular complexity index is 876. The third-order valence-electron chi connectivity index (χ3n) is 4.60. The van der Waals surface area contributed by atoms with Crippen LogP contribution in [0.15, 0.2) is 42.5 Å². The van der Waals surface area contributed by atoms with Gasteiger partial charge < -0.3 is 24.4 Å². The van der Waals surface area contributed by atoms with Gasteiger partial charge in [0.1, 0.15) is 5.75 Å². The van der Waals surface area contributed by atoms with Gasteiger partial charge in [0.05, 0.1) is 18.2 Å². The molecule has 0 aromatic heterocycles. The van der Waals surface area contributed by atoms with Gasteiger partial charge in [0, 0.05) is 18.7 Å². The Morgan fingerprint density at radius 2 is 1.93 bits per heavy atom. The molecule has 2 aliphatic heterocycles. The number of hydrogen-bond acceptors (Lipinski definition) is 5. The van der Waals surface area contributed by atoms with E-state index in [0.29, 0.717) is 48.2 Å². The quantitative estimate of drug-likeness (QED) is 0.878. The first-order valence-corrected chi connectivity index (χ1v) is 8.87. The first kappa shape index (κ1) is 17.2. The number of rotatable bonds is 5. The first-order valence-electron chi connectivity index (χ1n) is 8.87. The van der Waals surface area contributed by atoms with Crippen LogP contribution >= 0.6 is 0 Å². The molecule has 0 atom stereocenters. The minimum absolute atomic E-state index is 0.114. The van der Waals surface area contributed by atoms with Gasteiger partial charge in [-0.1, -0.05) is 12.1 Å². The van der Waals surface area contributed by atoms with E-state index in [1.165, 1.54) is 0 Å². The zero-order chi connectivity index (χ0) is 18.8. The van der Waals surface area contributed by atoms with E-state index in [0.717, 1.165) is 0 Å². The summed E-state index contributed by atoms with van der Waals surface area (Å²) in [5.74, 6) is 1.38. The van der Waals surface area contributed by atoms with E-state index in [4.69, 9.17) is 14.2 Å². The van der Waals surface area contributed by atoms with Gasteiger partial charge in [-0.15, -0.1) is 0 Å². The molecule has 2 aliphatic rings. The minimum atomic E-state index is -0.238. The summed E-state index contributed by atoms with van der Waals surface area (Å²) in [6.07, 6.45) is 0. The Morgan fingerprint density at radius 1 is 1.15 bits per heavy atom. The maximum Gasteiger partial charge on any atom is 0.254 e. The zero-order valence-electron chi connectivity index (χ0n) is 14.9. The fourth-order valence-electron chi connectivity index (χ4n) is 3.11. The Morgan fingerprint density at radius 3 is 2.74 bits per heavy atom. The Kier molecular flexibility index (Phi) is 4.58. The molecule has 0 aliphatic carbocycles. The van der Waals surface area contributed by atoms with Gasteiger partial charge in [-0.3, -0.25) is 9.59 Å². The summed E-state index contributed by atoms with van der Waals surface area (Å²) in [4.78, 5) is 26.7. The minimum Gasteiger partial charge on any atom is -0.492 e. The van der Waals surface area contributed by atoms with E-state index in [2.05, 4.69) is 5.32 Å². The molecule has 2 aromatic carbocycles. The fourth-order valence-corrected chi connectivity index (χ4v) is 3.11. The van der Waals surface area contributed by atoms with Crippen LogP contribution in [0.2, 0.25) is 0 Å². The third-order valence-corrected chi connectivity index (χ3v) is 4.60. The number of hydrogen-bond donors (Lipinski definition) is 1. The highest BCUT2D eigenvalue weighted by molar-refractivity contribution is 5.99. The highest BCUT2D eigenvalue weighted by atomic mass is 16.7. The summed E-state index contributed by atoms with van der Waals surface area (Å²) >= 11 is 0. The second kappa shape index (κ2) is 7.19. The molecule has 2 heterocycles. The summed E-state index contributed by atoms with van der Waals surface area (Å²) in [6, 6.07) is 12.4. The number of benzene rings is 2. The molecule has 27 heavy (non-hydrogen) atoms. The van der Waals surface area contributed by atoms with Crippen LogP contribution in [-0.4, -0.2) is 43.2 Å². The van der Waals surface area contributed by atoms with Gasteiger partial charge in [0.15, 0.2) is 11.5 Å².